The summed E-state index contributed by atoms with van der Waals surface area (Å²) in [6, 6.07) is 12.2. The summed E-state index contributed by atoms with van der Waals surface area (Å²) in [7, 11) is 1.98. The number of aryl methyl sites for hydroxylation is 1. The second-order valence-corrected chi connectivity index (χ2v) is 4.58. The molecule has 0 saturated heterocycles. The minimum absolute atomic E-state index is 0.488. The Labute approximate surface area is 120 Å². The van der Waals surface area contributed by atoms with E-state index in [0.29, 0.717) is 18.2 Å². The van der Waals surface area contributed by atoms with Crippen molar-refractivity contribution in [2.75, 3.05) is 24.3 Å². The Morgan fingerprint density at radius 3 is 2.40 bits per heavy atom. The fraction of sp³-hybridized carbons (Fsp3) is 0.312. The number of nitrogens with zero attached hydrogens (tertiary/aromatic N) is 2. The van der Waals surface area contributed by atoms with Crippen LogP contribution in [0.15, 0.2) is 36.4 Å². The molecular weight excluding hydrogens is 250 g/mol. The second-order valence-electron chi connectivity index (χ2n) is 4.58. The van der Waals surface area contributed by atoms with Gasteiger partial charge in [-0.2, -0.15) is 4.98 Å². The van der Waals surface area contributed by atoms with Crippen molar-refractivity contribution in [3.05, 3.63) is 42.0 Å². The molecule has 2 N–H and O–H groups in total. The molecule has 0 aliphatic rings. The number of benzene rings is 1. The molecule has 2 aromatic rings. The summed E-state index contributed by atoms with van der Waals surface area (Å²) in [5, 5.41) is 0. The summed E-state index contributed by atoms with van der Waals surface area (Å²) in [4.78, 5) is 6.47. The Morgan fingerprint density at radius 2 is 1.80 bits per heavy atom. The summed E-state index contributed by atoms with van der Waals surface area (Å²) in [5.41, 5.74) is 8.81. The van der Waals surface area contributed by atoms with Gasteiger partial charge in [-0.25, -0.2) is 0 Å². The van der Waals surface area contributed by atoms with Crippen LogP contribution in [-0.2, 0) is 6.42 Å². The quantitative estimate of drug-likeness (QED) is 0.905. The van der Waals surface area contributed by atoms with Crippen molar-refractivity contribution in [1.82, 2.24) is 4.98 Å². The molecule has 0 unspecified atom stereocenters. The highest BCUT2D eigenvalue weighted by Crippen LogP contribution is 2.27. The van der Waals surface area contributed by atoms with Crippen LogP contribution in [0.1, 0.15) is 19.4 Å². The van der Waals surface area contributed by atoms with Crippen LogP contribution in [-0.4, -0.2) is 18.6 Å². The van der Waals surface area contributed by atoms with Gasteiger partial charge in [-0.05, 0) is 43.2 Å². The van der Waals surface area contributed by atoms with Gasteiger partial charge in [0, 0.05) is 12.7 Å². The second kappa shape index (κ2) is 6.28. The molecule has 0 atom stereocenters. The molecule has 0 spiro atoms. The molecule has 106 valence electrons. The summed E-state index contributed by atoms with van der Waals surface area (Å²) < 4.78 is 5.44. The molecule has 4 nitrogen and oxygen atoms in total. The van der Waals surface area contributed by atoms with E-state index in [0.717, 1.165) is 17.9 Å². The van der Waals surface area contributed by atoms with Crippen LogP contribution in [0.2, 0.25) is 0 Å². The van der Waals surface area contributed by atoms with Gasteiger partial charge >= 0.3 is 0 Å². The van der Waals surface area contributed by atoms with Crippen molar-refractivity contribution < 1.29 is 4.74 Å². The first-order chi connectivity index (χ1) is 9.65. The summed E-state index contributed by atoms with van der Waals surface area (Å²) in [5.74, 6) is 1.30. The van der Waals surface area contributed by atoms with Crippen molar-refractivity contribution in [2.24, 2.45) is 0 Å². The molecule has 0 radical (unpaired) electrons. The molecule has 2 rings (SSSR count). The number of anilines is 3. The number of aromatic nitrogens is 1. The van der Waals surface area contributed by atoms with Gasteiger partial charge in [0.15, 0.2) is 0 Å². The molecule has 0 saturated carbocycles. The first-order valence-electron chi connectivity index (χ1n) is 6.87. The van der Waals surface area contributed by atoms with E-state index in [2.05, 4.69) is 36.2 Å². The van der Waals surface area contributed by atoms with Gasteiger partial charge in [-0.1, -0.05) is 19.1 Å². The van der Waals surface area contributed by atoms with Gasteiger partial charge < -0.3 is 15.4 Å². The van der Waals surface area contributed by atoms with Crippen LogP contribution in [0, 0.1) is 0 Å². The van der Waals surface area contributed by atoms with E-state index in [9.17, 15) is 0 Å². The van der Waals surface area contributed by atoms with E-state index in [4.69, 9.17) is 10.5 Å². The molecule has 4 heteroatoms. The van der Waals surface area contributed by atoms with Crippen LogP contribution >= 0.6 is 0 Å². The van der Waals surface area contributed by atoms with Crippen molar-refractivity contribution in [3.63, 3.8) is 0 Å². The van der Waals surface area contributed by atoms with Crippen molar-refractivity contribution in [1.29, 1.82) is 0 Å². The lowest BCUT2D eigenvalue weighted by Crippen LogP contribution is -2.12. The number of nitrogens with two attached hydrogens (primary N) is 1. The number of pyridine rings is 1. The van der Waals surface area contributed by atoms with E-state index < -0.39 is 0 Å². The predicted molar refractivity (Wildman–Crippen MR) is 83.7 cm³/mol. The normalized spacial score (nSPS) is 10.3. The standard InChI is InChI=1S/C16H21N3O/c1-4-12-6-8-13(9-7-12)19(3)15-11-10-14(17)16(18-15)20-5-2/h6-11H,4-5,17H2,1-3H3. The Hall–Kier alpha value is -2.23. The highest BCUT2D eigenvalue weighted by atomic mass is 16.5. The molecule has 0 aliphatic carbocycles. The van der Waals surface area contributed by atoms with Crippen molar-refractivity contribution in [3.8, 4) is 5.88 Å². The van der Waals surface area contributed by atoms with Gasteiger partial charge in [0.2, 0.25) is 5.88 Å². The third-order valence-corrected chi connectivity index (χ3v) is 3.23. The highest BCUT2D eigenvalue weighted by Gasteiger charge is 2.09. The van der Waals surface area contributed by atoms with Crippen molar-refractivity contribution in [2.45, 2.75) is 20.3 Å². The minimum atomic E-state index is 0.488. The fourth-order valence-corrected chi connectivity index (χ4v) is 1.97. The zero-order valence-corrected chi connectivity index (χ0v) is 12.3. The van der Waals surface area contributed by atoms with E-state index >= 15 is 0 Å². The molecule has 0 fully saturated rings. The molecule has 20 heavy (non-hydrogen) atoms. The van der Waals surface area contributed by atoms with Crippen LogP contribution in [0.5, 0.6) is 5.88 Å². The highest BCUT2D eigenvalue weighted by molar-refractivity contribution is 5.63. The first-order valence-corrected chi connectivity index (χ1v) is 6.87. The number of rotatable bonds is 5. The van der Waals surface area contributed by atoms with Gasteiger partial charge in [-0.3, -0.25) is 0 Å². The van der Waals surface area contributed by atoms with Crippen LogP contribution in [0.3, 0.4) is 0 Å². The third kappa shape index (κ3) is 3.02. The molecule has 0 amide bonds. The summed E-state index contributed by atoms with van der Waals surface area (Å²) in [6.07, 6.45) is 1.04. The zero-order valence-electron chi connectivity index (χ0n) is 12.3. The Bertz CT molecular complexity index is 566. The van der Waals surface area contributed by atoms with Crippen LogP contribution < -0.4 is 15.4 Å². The summed E-state index contributed by atoms with van der Waals surface area (Å²) in [6.45, 7) is 4.62. The predicted octanol–water partition coefficient (Wildman–Crippen LogP) is 3.39. The van der Waals surface area contributed by atoms with Gasteiger partial charge in [-0.15, -0.1) is 0 Å². The fourth-order valence-electron chi connectivity index (χ4n) is 1.97. The third-order valence-electron chi connectivity index (χ3n) is 3.23. The Balaban J connectivity index is 2.27. The van der Waals surface area contributed by atoms with Gasteiger partial charge in [0.25, 0.3) is 0 Å². The maximum absolute atomic E-state index is 5.85. The van der Waals surface area contributed by atoms with Gasteiger partial charge in [0.05, 0.1) is 12.3 Å². The van der Waals surface area contributed by atoms with E-state index in [1.807, 2.05) is 31.0 Å². The van der Waals surface area contributed by atoms with E-state index in [-0.39, 0.29) is 0 Å². The molecule has 1 heterocycles. The average molecular weight is 271 g/mol. The van der Waals surface area contributed by atoms with Gasteiger partial charge in [0.1, 0.15) is 5.82 Å². The SMILES string of the molecule is CCOc1nc(N(C)c2ccc(CC)cc2)ccc1N. The Morgan fingerprint density at radius 1 is 1.10 bits per heavy atom. The zero-order chi connectivity index (χ0) is 14.5. The van der Waals surface area contributed by atoms with E-state index in [1.54, 1.807) is 0 Å². The molecule has 1 aromatic heterocycles. The number of hydrogen-bond donors (Lipinski definition) is 1. The average Bonchev–Trinajstić information content (AvgIpc) is 2.49. The molecule has 0 bridgehead atoms. The minimum Gasteiger partial charge on any atom is -0.476 e. The maximum Gasteiger partial charge on any atom is 0.239 e. The monoisotopic (exact) mass is 271 g/mol. The smallest absolute Gasteiger partial charge is 0.239 e. The lowest BCUT2D eigenvalue weighted by molar-refractivity contribution is 0.329. The lowest BCUT2D eigenvalue weighted by Gasteiger charge is -2.19. The lowest BCUT2D eigenvalue weighted by atomic mass is 10.1. The van der Waals surface area contributed by atoms with Crippen molar-refractivity contribution >= 4 is 17.2 Å². The van der Waals surface area contributed by atoms with Crippen LogP contribution in [0.4, 0.5) is 17.2 Å². The largest absolute Gasteiger partial charge is 0.476 e. The molecule has 0 aliphatic heterocycles. The summed E-state index contributed by atoms with van der Waals surface area (Å²) >= 11 is 0. The number of ether oxygens (including phenoxy) is 1. The Kier molecular flexibility index (Phi) is 4.45. The van der Waals surface area contributed by atoms with E-state index in [1.165, 1.54) is 5.56 Å². The first kappa shape index (κ1) is 14.2. The number of hydrogen-bond acceptors (Lipinski definition) is 4. The number of nitrogen functional groups attached to an aromatic ring is 1. The molecular formula is C16H21N3O. The maximum atomic E-state index is 5.85. The topological polar surface area (TPSA) is 51.4 Å². The van der Waals surface area contributed by atoms with Crippen LogP contribution in [0.25, 0.3) is 0 Å². The molecule has 1 aromatic carbocycles.